The molecule has 2 aromatic heterocycles. The number of halogens is 2. The molecular formula is C26H26F2N6O3. The lowest BCUT2D eigenvalue weighted by atomic mass is 10.0. The minimum Gasteiger partial charge on any atom is -0.483 e. The molecule has 0 aliphatic carbocycles. The van der Waals surface area contributed by atoms with Gasteiger partial charge in [0.1, 0.15) is 17.4 Å². The largest absolute Gasteiger partial charge is 0.483 e. The Morgan fingerprint density at radius 1 is 1.19 bits per heavy atom. The molecule has 3 aromatic rings. The van der Waals surface area contributed by atoms with Crippen LogP contribution < -0.4 is 10.1 Å². The lowest BCUT2D eigenvalue weighted by Gasteiger charge is -2.38. The Kier molecular flexibility index (Phi) is 7.20. The van der Waals surface area contributed by atoms with Crippen molar-refractivity contribution in [2.24, 2.45) is 0 Å². The van der Waals surface area contributed by atoms with Gasteiger partial charge in [-0.2, -0.15) is 5.26 Å². The Morgan fingerprint density at radius 2 is 1.95 bits per heavy atom. The number of hydrogen-bond acceptors (Lipinski definition) is 8. The average molecular weight is 509 g/mol. The summed E-state index contributed by atoms with van der Waals surface area (Å²) in [5.41, 5.74) is 1.18. The normalized spacial score (nSPS) is 17.0. The van der Waals surface area contributed by atoms with E-state index in [1.165, 1.54) is 12.1 Å². The molecule has 1 N–H and O–H groups in total. The molecule has 37 heavy (non-hydrogen) atoms. The molecule has 0 radical (unpaired) electrons. The van der Waals surface area contributed by atoms with Crippen molar-refractivity contribution >= 4 is 17.7 Å². The van der Waals surface area contributed by atoms with Crippen LogP contribution in [0.4, 0.5) is 25.2 Å². The Balaban J connectivity index is 1.48. The lowest BCUT2D eigenvalue weighted by Crippen LogP contribution is -2.56. The van der Waals surface area contributed by atoms with E-state index in [0.717, 1.165) is 10.6 Å². The molecule has 1 aliphatic rings. The van der Waals surface area contributed by atoms with Gasteiger partial charge < -0.3 is 19.7 Å². The summed E-state index contributed by atoms with van der Waals surface area (Å²) < 4.78 is 40.7. The topological polar surface area (TPSA) is 113 Å². The van der Waals surface area contributed by atoms with Crippen LogP contribution >= 0.6 is 0 Å². The first-order valence-electron chi connectivity index (χ1n) is 11.6. The number of nitrogens with zero attached hydrogens (tertiary/aromatic N) is 5. The predicted molar refractivity (Wildman–Crippen MR) is 131 cm³/mol. The molecule has 1 aliphatic heterocycles. The van der Waals surface area contributed by atoms with Gasteiger partial charge in [0.2, 0.25) is 5.95 Å². The molecule has 0 saturated carbocycles. The lowest BCUT2D eigenvalue weighted by molar-refractivity contribution is -0.137. The van der Waals surface area contributed by atoms with Gasteiger partial charge in [0.15, 0.2) is 6.10 Å². The van der Waals surface area contributed by atoms with Crippen LogP contribution in [0.15, 0.2) is 55.0 Å². The van der Waals surface area contributed by atoms with Crippen molar-refractivity contribution in [2.45, 2.75) is 44.8 Å². The Morgan fingerprint density at radius 3 is 2.62 bits per heavy atom. The van der Waals surface area contributed by atoms with E-state index in [-0.39, 0.29) is 24.3 Å². The summed E-state index contributed by atoms with van der Waals surface area (Å²) >= 11 is 0. The number of aromatic nitrogens is 3. The highest BCUT2D eigenvalue weighted by atomic mass is 19.3. The number of likely N-dealkylation sites (tertiary alicyclic amines) is 1. The van der Waals surface area contributed by atoms with Gasteiger partial charge in [-0.25, -0.2) is 23.5 Å². The van der Waals surface area contributed by atoms with Gasteiger partial charge in [-0.15, -0.1) is 0 Å². The number of nitriles is 1. The van der Waals surface area contributed by atoms with Gasteiger partial charge in [0.25, 0.3) is 0 Å². The smallest absolute Gasteiger partial charge is 0.410 e. The molecule has 1 aromatic carbocycles. The summed E-state index contributed by atoms with van der Waals surface area (Å²) in [4.78, 5) is 25.8. The first kappa shape index (κ1) is 25.8. The quantitative estimate of drug-likeness (QED) is 0.502. The van der Waals surface area contributed by atoms with E-state index >= 15 is 0 Å². The number of pyridine rings is 1. The number of carbonyl (C=O) groups is 1. The zero-order chi connectivity index (χ0) is 26.6. The van der Waals surface area contributed by atoms with Crippen LogP contribution in [-0.2, 0) is 4.74 Å². The summed E-state index contributed by atoms with van der Waals surface area (Å²) in [5, 5.41) is 12.8. The number of amides is 1. The molecule has 1 fully saturated rings. The number of carbonyl (C=O) groups excluding carboxylic acids is 1. The maximum Gasteiger partial charge on any atom is 0.410 e. The summed E-state index contributed by atoms with van der Waals surface area (Å²) in [5.74, 6) is -2.95. The van der Waals surface area contributed by atoms with Crippen LogP contribution in [0.1, 0.15) is 32.8 Å². The third kappa shape index (κ3) is 6.46. The van der Waals surface area contributed by atoms with Gasteiger partial charge in [0, 0.05) is 42.8 Å². The van der Waals surface area contributed by atoms with Crippen molar-refractivity contribution in [3.63, 3.8) is 0 Å². The second kappa shape index (κ2) is 10.3. The van der Waals surface area contributed by atoms with Crippen molar-refractivity contribution in [2.75, 3.05) is 18.4 Å². The third-order valence-electron chi connectivity index (χ3n) is 5.44. The molecule has 1 atom stereocenters. The standard InChI is InChI=1S/C26H26F2N6O3/c1-25(2,3)37-24(35)34-13-9-22(26(27,28)16-34)36-21-5-4-17(14-18(21)15-29)20-8-12-31-23(33-20)32-19-6-10-30-11-7-19/h4-8,10-12,14,22H,9,13,16H2,1-3H3,(H,30,31,32,33). The molecule has 192 valence electrons. The van der Waals surface area contributed by atoms with Crippen LogP contribution in [0.25, 0.3) is 11.3 Å². The SMILES string of the molecule is CC(C)(C)OC(=O)N1CCC(Oc2ccc(-c3ccnc(Nc4ccncc4)n3)cc2C#N)C(F)(F)C1. The Labute approximate surface area is 213 Å². The highest BCUT2D eigenvalue weighted by Gasteiger charge is 2.48. The van der Waals surface area contributed by atoms with Crippen LogP contribution in [0.3, 0.4) is 0 Å². The highest BCUT2D eigenvalue weighted by molar-refractivity contribution is 5.68. The summed E-state index contributed by atoms with van der Waals surface area (Å²) in [6.45, 7) is 4.23. The number of rotatable bonds is 5. The van der Waals surface area contributed by atoms with Gasteiger partial charge in [-0.1, -0.05) is 0 Å². The molecule has 11 heteroatoms. The fourth-order valence-corrected chi connectivity index (χ4v) is 3.72. The highest BCUT2D eigenvalue weighted by Crippen LogP contribution is 2.34. The fraction of sp³-hybridized carbons (Fsp3) is 0.346. The van der Waals surface area contributed by atoms with Crippen LogP contribution in [0.2, 0.25) is 0 Å². The van der Waals surface area contributed by atoms with Gasteiger partial charge in [-0.05, 0) is 57.2 Å². The number of ether oxygens (including phenoxy) is 2. The summed E-state index contributed by atoms with van der Waals surface area (Å²) in [6.07, 6.45) is 2.43. The number of anilines is 2. The maximum atomic E-state index is 14.9. The number of hydrogen-bond donors (Lipinski definition) is 1. The van der Waals surface area contributed by atoms with Crippen molar-refractivity contribution in [1.82, 2.24) is 19.9 Å². The molecule has 3 heterocycles. The maximum absolute atomic E-state index is 14.9. The third-order valence-corrected chi connectivity index (χ3v) is 5.44. The van der Waals surface area contributed by atoms with E-state index in [0.29, 0.717) is 17.2 Å². The zero-order valence-electron chi connectivity index (χ0n) is 20.6. The van der Waals surface area contributed by atoms with Crippen LogP contribution in [0.5, 0.6) is 5.75 Å². The minimum absolute atomic E-state index is 0.0332. The van der Waals surface area contributed by atoms with Crippen molar-refractivity contribution in [3.05, 3.63) is 60.6 Å². The first-order chi connectivity index (χ1) is 17.5. The Bertz CT molecular complexity index is 1310. The molecule has 0 bridgehead atoms. The van der Waals surface area contributed by atoms with E-state index in [2.05, 4.69) is 20.3 Å². The van der Waals surface area contributed by atoms with Gasteiger partial charge >= 0.3 is 12.0 Å². The fourth-order valence-electron chi connectivity index (χ4n) is 3.72. The Hall–Kier alpha value is -4.33. The molecule has 9 nitrogen and oxygen atoms in total. The van der Waals surface area contributed by atoms with E-state index in [1.54, 1.807) is 63.6 Å². The summed E-state index contributed by atoms with van der Waals surface area (Å²) in [6, 6.07) is 11.9. The second-order valence-electron chi connectivity index (χ2n) is 9.51. The zero-order valence-corrected chi connectivity index (χ0v) is 20.6. The molecule has 0 spiro atoms. The van der Waals surface area contributed by atoms with Crippen molar-refractivity contribution in [1.29, 1.82) is 5.26 Å². The number of nitrogens with one attached hydrogen (secondary N) is 1. The molecule has 1 saturated heterocycles. The van der Waals surface area contributed by atoms with Gasteiger partial charge in [0.05, 0.1) is 17.8 Å². The molecule has 1 unspecified atom stereocenters. The van der Waals surface area contributed by atoms with Crippen LogP contribution in [-0.4, -0.2) is 56.7 Å². The van der Waals surface area contributed by atoms with Crippen LogP contribution in [0, 0.1) is 11.3 Å². The molecular weight excluding hydrogens is 482 g/mol. The summed E-state index contributed by atoms with van der Waals surface area (Å²) in [7, 11) is 0. The second-order valence-corrected chi connectivity index (χ2v) is 9.51. The van der Waals surface area contributed by atoms with E-state index < -0.39 is 30.3 Å². The van der Waals surface area contributed by atoms with E-state index in [1.807, 2.05) is 6.07 Å². The van der Waals surface area contributed by atoms with Gasteiger partial charge in [-0.3, -0.25) is 4.98 Å². The molecule has 1 amide bonds. The number of piperidine rings is 1. The van der Waals surface area contributed by atoms with Crippen molar-refractivity contribution < 1.29 is 23.0 Å². The predicted octanol–water partition coefficient (Wildman–Crippen LogP) is 5.18. The molecule has 4 rings (SSSR count). The van der Waals surface area contributed by atoms with E-state index in [9.17, 15) is 18.8 Å². The number of benzene rings is 1. The first-order valence-corrected chi connectivity index (χ1v) is 11.6. The van der Waals surface area contributed by atoms with E-state index in [4.69, 9.17) is 9.47 Å². The van der Waals surface area contributed by atoms with Crippen molar-refractivity contribution in [3.8, 4) is 23.1 Å². The number of alkyl halides is 2. The minimum atomic E-state index is -3.33. The average Bonchev–Trinajstić information content (AvgIpc) is 2.85. The monoisotopic (exact) mass is 508 g/mol.